The third-order valence-corrected chi connectivity index (χ3v) is 8.01. The normalized spacial score (nSPS) is 15.6. The van der Waals surface area contributed by atoms with Crippen LogP contribution in [0.3, 0.4) is 0 Å². The first-order chi connectivity index (χ1) is 19.1. The lowest BCUT2D eigenvalue weighted by Gasteiger charge is -2.40. The number of anilines is 2. The van der Waals surface area contributed by atoms with Crippen LogP contribution in [0, 0.1) is 13.8 Å². The fourth-order valence-corrected chi connectivity index (χ4v) is 6.01. The molecule has 2 aliphatic rings. The molecule has 2 aromatic heterocycles. The maximum Gasteiger partial charge on any atom is 0.179 e. The summed E-state index contributed by atoms with van der Waals surface area (Å²) in [4.78, 5) is 13.9. The number of fused-ring (bicyclic) bond motifs is 4. The lowest BCUT2D eigenvalue weighted by molar-refractivity contribution is 0.415. The van der Waals surface area contributed by atoms with E-state index in [0.29, 0.717) is 5.84 Å². The molecule has 1 atom stereocenters. The van der Waals surface area contributed by atoms with Crippen LogP contribution in [0.4, 0.5) is 22.9 Å². The number of rotatable bonds is 4. The first-order valence-electron chi connectivity index (χ1n) is 12.8. The molecular formula is C31H26N6OS. The molecule has 2 aliphatic heterocycles. The summed E-state index contributed by atoms with van der Waals surface area (Å²) in [5, 5.41) is 10.7. The van der Waals surface area contributed by atoms with E-state index in [1.807, 2.05) is 41.1 Å². The van der Waals surface area contributed by atoms with E-state index >= 15 is 0 Å². The number of para-hydroxylation sites is 2. The number of aryl methyl sites for hydroxylation is 2. The Kier molecular flexibility index (Phi) is 5.56. The molecule has 0 fully saturated rings. The molecule has 0 spiro atoms. The first kappa shape index (κ1) is 23.4. The molecular weight excluding hydrogens is 504 g/mol. The molecule has 7 nitrogen and oxygen atoms in total. The molecule has 0 bridgehead atoms. The Bertz CT molecular complexity index is 1730. The topological polar surface area (TPSA) is 67.0 Å². The van der Waals surface area contributed by atoms with E-state index in [-0.39, 0.29) is 6.04 Å². The lowest BCUT2D eigenvalue weighted by Crippen LogP contribution is -2.46. The van der Waals surface area contributed by atoms with Gasteiger partial charge in [0.15, 0.2) is 17.5 Å². The average molecular weight is 531 g/mol. The van der Waals surface area contributed by atoms with Gasteiger partial charge < -0.3 is 15.0 Å². The summed E-state index contributed by atoms with van der Waals surface area (Å²) in [6, 6.07) is 28.7. The number of aromatic nitrogens is 2. The molecule has 192 valence electrons. The van der Waals surface area contributed by atoms with E-state index < -0.39 is 0 Å². The average Bonchev–Trinajstić information content (AvgIpc) is 3.61. The predicted molar refractivity (Wildman–Crippen MR) is 159 cm³/mol. The molecule has 3 aromatic carbocycles. The Labute approximate surface area is 230 Å². The minimum Gasteiger partial charge on any atom is -0.497 e. The van der Waals surface area contributed by atoms with E-state index in [0.717, 1.165) is 51.4 Å². The lowest BCUT2D eigenvalue weighted by atomic mass is 9.98. The van der Waals surface area contributed by atoms with Crippen LogP contribution in [0.1, 0.15) is 27.7 Å². The highest BCUT2D eigenvalue weighted by atomic mass is 32.1. The molecule has 0 radical (unpaired) electrons. The number of methoxy groups -OCH3 is 1. The Balaban J connectivity index is 1.46. The van der Waals surface area contributed by atoms with Crippen molar-refractivity contribution in [1.82, 2.24) is 9.78 Å². The van der Waals surface area contributed by atoms with Crippen molar-refractivity contribution in [2.45, 2.75) is 19.9 Å². The molecule has 0 saturated carbocycles. The van der Waals surface area contributed by atoms with Gasteiger partial charge in [0.05, 0.1) is 29.9 Å². The van der Waals surface area contributed by atoms with Crippen LogP contribution in [0.15, 0.2) is 100 Å². The highest BCUT2D eigenvalue weighted by molar-refractivity contribution is 7.10. The molecule has 4 heterocycles. The zero-order valence-electron chi connectivity index (χ0n) is 21.8. The molecule has 5 aromatic rings. The van der Waals surface area contributed by atoms with E-state index in [2.05, 4.69) is 78.0 Å². The second-order valence-electron chi connectivity index (χ2n) is 9.60. The van der Waals surface area contributed by atoms with Crippen molar-refractivity contribution in [2.24, 2.45) is 9.98 Å². The van der Waals surface area contributed by atoms with Crippen molar-refractivity contribution in [3.8, 4) is 11.4 Å². The third-order valence-electron chi connectivity index (χ3n) is 7.08. The number of aliphatic imine (C=N–C) groups is 2. The summed E-state index contributed by atoms with van der Waals surface area (Å²) in [5.41, 5.74) is 7.04. The van der Waals surface area contributed by atoms with Gasteiger partial charge in [-0.3, -0.25) is 0 Å². The van der Waals surface area contributed by atoms with Gasteiger partial charge in [-0.1, -0.05) is 35.9 Å². The number of hydrogen-bond donors (Lipinski definition) is 1. The monoisotopic (exact) mass is 530 g/mol. The summed E-state index contributed by atoms with van der Waals surface area (Å²) in [7, 11) is 1.67. The van der Waals surface area contributed by atoms with Gasteiger partial charge >= 0.3 is 0 Å². The van der Waals surface area contributed by atoms with Gasteiger partial charge in [-0.25, -0.2) is 14.7 Å². The molecule has 0 amide bonds. The molecule has 39 heavy (non-hydrogen) atoms. The Hall–Kier alpha value is -4.69. The molecule has 8 heteroatoms. The zero-order chi connectivity index (χ0) is 26.5. The second-order valence-corrected chi connectivity index (χ2v) is 10.6. The van der Waals surface area contributed by atoms with Crippen LogP contribution in [0.25, 0.3) is 5.69 Å². The highest BCUT2D eigenvalue weighted by Gasteiger charge is 2.41. The summed E-state index contributed by atoms with van der Waals surface area (Å²) < 4.78 is 7.31. The number of hydrogen-bond acceptors (Lipinski definition) is 7. The van der Waals surface area contributed by atoms with Gasteiger partial charge in [0.2, 0.25) is 0 Å². The maximum atomic E-state index is 5.35. The number of amidine groups is 2. The third kappa shape index (κ3) is 3.92. The summed E-state index contributed by atoms with van der Waals surface area (Å²) in [5.74, 6) is 3.06. The first-order valence-corrected chi connectivity index (χ1v) is 13.7. The summed E-state index contributed by atoms with van der Waals surface area (Å²) in [6.07, 6.45) is 0. The zero-order valence-corrected chi connectivity index (χ0v) is 22.6. The van der Waals surface area contributed by atoms with Gasteiger partial charge in [0, 0.05) is 16.1 Å². The standard InChI is InChI=1S/C31H26N6OS/c1-19-10-14-22(15-11-19)37-30-27(20(2)35-37)28(26-9-6-18-39-26)36-25-8-5-4-7-24(25)33-29(31(36)34-30)32-21-12-16-23(38-3)17-13-21/h4-18,28H,1-3H3,(H,32,33)/t28-/m1/s1. The number of nitrogens with one attached hydrogen (secondary N) is 1. The van der Waals surface area contributed by atoms with Crippen molar-refractivity contribution in [1.29, 1.82) is 0 Å². The number of ether oxygens (including phenoxy) is 1. The fraction of sp³-hybridized carbons (Fsp3) is 0.129. The van der Waals surface area contributed by atoms with Crippen molar-refractivity contribution in [2.75, 3.05) is 17.3 Å². The molecule has 0 aliphatic carbocycles. The van der Waals surface area contributed by atoms with Gasteiger partial charge in [-0.15, -0.1) is 11.3 Å². The predicted octanol–water partition coefficient (Wildman–Crippen LogP) is 7.35. The quantitative estimate of drug-likeness (QED) is 0.264. The number of thiophene rings is 1. The SMILES string of the molecule is COc1ccc(NC2=Nc3ccccc3N3C2=Nc2c(c(C)nn2-c2ccc(C)cc2)[C@H]3c2cccs2)cc1. The molecule has 7 rings (SSSR count). The largest absolute Gasteiger partial charge is 0.497 e. The molecule has 0 saturated heterocycles. The van der Waals surface area contributed by atoms with E-state index in [9.17, 15) is 0 Å². The van der Waals surface area contributed by atoms with Crippen LogP contribution < -0.4 is 15.0 Å². The molecule has 0 unspecified atom stereocenters. The van der Waals surface area contributed by atoms with Crippen molar-refractivity contribution >= 4 is 45.9 Å². The molecule has 1 N–H and O–H groups in total. The van der Waals surface area contributed by atoms with Gasteiger partial charge in [0.25, 0.3) is 0 Å². The minimum absolute atomic E-state index is 0.101. The summed E-state index contributed by atoms with van der Waals surface area (Å²) in [6.45, 7) is 4.16. The van der Waals surface area contributed by atoms with Gasteiger partial charge in [-0.05, 0) is 73.8 Å². The Morgan fingerprint density at radius 3 is 2.41 bits per heavy atom. The highest BCUT2D eigenvalue weighted by Crippen LogP contribution is 2.49. The van der Waals surface area contributed by atoms with Crippen LogP contribution in [0.5, 0.6) is 5.75 Å². The van der Waals surface area contributed by atoms with Crippen molar-refractivity contribution < 1.29 is 4.74 Å². The van der Waals surface area contributed by atoms with Crippen LogP contribution in [-0.4, -0.2) is 28.6 Å². The maximum absolute atomic E-state index is 5.35. The van der Waals surface area contributed by atoms with E-state index in [4.69, 9.17) is 19.8 Å². The number of benzene rings is 3. The van der Waals surface area contributed by atoms with Crippen LogP contribution >= 0.6 is 11.3 Å². The Morgan fingerprint density at radius 2 is 1.67 bits per heavy atom. The van der Waals surface area contributed by atoms with Crippen LogP contribution in [0.2, 0.25) is 0 Å². The van der Waals surface area contributed by atoms with Crippen molar-refractivity contribution in [3.63, 3.8) is 0 Å². The second kappa shape index (κ2) is 9.25. The van der Waals surface area contributed by atoms with E-state index in [1.54, 1.807) is 18.4 Å². The summed E-state index contributed by atoms with van der Waals surface area (Å²) >= 11 is 1.74. The van der Waals surface area contributed by atoms with Crippen LogP contribution in [-0.2, 0) is 0 Å². The van der Waals surface area contributed by atoms with Gasteiger partial charge in [0.1, 0.15) is 11.8 Å². The van der Waals surface area contributed by atoms with Crippen molar-refractivity contribution in [3.05, 3.63) is 112 Å². The minimum atomic E-state index is -0.101. The Morgan fingerprint density at radius 1 is 0.872 bits per heavy atom. The number of nitrogens with zero attached hydrogens (tertiary/aromatic N) is 5. The van der Waals surface area contributed by atoms with Gasteiger partial charge in [-0.2, -0.15) is 5.10 Å². The van der Waals surface area contributed by atoms with E-state index in [1.165, 1.54) is 10.4 Å². The smallest absolute Gasteiger partial charge is 0.179 e. The fourth-order valence-electron chi connectivity index (χ4n) is 5.19.